The van der Waals surface area contributed by atoms with Gasteiger partial charge in [0.25, 0.3) is 0 Å². The Labute approximate surface area is 184 Å². The van der Waals surface area contributed by atoms with Crippen LogP contribution in [0.4, 0.5) is 0 Å². The molecule has 0 spiro atoms. The van der Waals surface area contributed by atoms with Crippen molar-refractivity contribution >= 4 is 31.5 Å². The second-order valence-corrected chi connectivity index (χ2v) is 8.74. The summed E-state index contributed by atoms with van der Waals surface area (Å²) < 4.78 is 2.35. The van der Waals surface area contributed by atoms with Crippen LogP contribution in [0.5, 0.6) is 0 Å². The summed E-state index contributed by atoms with van der Waals surface area (Å²) in [5.74, 6) is 0. The minimum atomic E-state index is 0.0962. The van der Waals surface area contributed by atoms with Gasteiger partial charge in [0.2, 0.25) is 0 Å². The van der Waals surface area contributed by atoms with Gasteiger partial charge in [0.05, 0.1) is 0 Å². The molecular formula is C29H18OS. The van der Waals surface area contributed by atoms with Crippen molar-refractivity contribution in [2.24, 2.45) is 0 Å². The topological polar surface area (TPSA) is 17.1 Å². The van der Waals surface area contributed by atoms with Crippen molar-refractivity contribution in [3.8, 4) is 33.4 Å². The maximum absolute atomic E-state index is 14.1. The molecule has 0 N–H and O–H groups in total. The summed E-state index contributed by atoms with van der Waals surface area (Å²) in [6, 6.07) is 37.0. The van der Waals surface area contributed by atoms with Crippen molar-refractivity contribution in [3.63, 3.8) is 0 Å². The van der Waals surface area contributed by atoms with Gasteiger partial charge < -0.3 is 0 Å². The summed E-state index contributed by atoms with van der Waals surface area (Å²) in [4.78, 5) is 14.1. The van der Waals surface area contributed by atoms with Gasteiger partial charge in [-0.1, -0.05) is 97.1 Å². The highest BCUT2D eigenvalue weighted by Gasteiger charge is 2.27. The number of rotatable bonds is 2. The molecule has 1 aliphatic carbocycles. The summed E-state index contributed by atoms with van der Waals surface area (Å²) in [7, 11) is 0. The fraction of sp³-hybridized carbons (Fsp3) is 0. The zero-order valence-electron chi connectivity index (χ0n) is 16.7. The first-order chi connectivity index (χ1) is 15.3. The predicted molar refractivity (Wildman–Crippen MR) is 133 cm³/mol. The maximum Gasteiger partial charge on any atom is 0.195 e. The highest BCUT2D eigenvalue weighted by molar-refractivity contribution is 7.24. The van der Waals surface area contributed by atoms with Crippen LogP contribution in [-0.2, 0) is 0 Å². The minimum Gasteiger partial charge on any atom is -0.289 e. The van der Waals surface area contributed by atoms with Gasteiger partial charge in [-0.2, -0.15) is 0 Å². The Bertz CT molecular complexity index is 1460. The highest BCUT2D eigenvalue weighted by Crippen LogP contribution is 2.47. The maximum atomic E-state index is 14.1. The molecule has 0 atom stereocenters. The zero-order chi connectivity index (χ0) is 20.8. The number of fused-ring (bicyclic) bond motifs is 5. The Morgan fingerprint density at radius 2 is 0.806 bits per heavy atom. The van der Waals surface area contributed by atoms with Crippen molar-refractivity contribution in [2.45, 2.75) is 0 Å². The summed E-state index contributed by atoms with van der Waals surface area (Å²) in [6.07, 6.45) is 0. The van der Waals surface area contributed by atoms with Crippen molar-refractivity contribution in [1.29, 1.82) is 0 Å². The lowest BCUT2D eigenvalue weighted by Crippen LogP contribution is -2.01. The predicted octanol–water partition coefficient (Wildman–Crippen LogP) is 7.85. The third kappa shape index (κ3) is 2.80. The molecule has 6 rings (SSSR count). The van der Waals surface area contributed by atoms with Crippen LogP contribution in [0, 0.1) is 0 Å². The van der Waals surface area contributed by atoms with Crippen LogP contribution in [0.25, 0.3) is 53.6 Å². The number of hydrogen-bond donors (Lipinski definition) is 0. The van der Waals surface area contributed by atoms with E-state index in [0.717, 1.165) is 44.2 Å². The van der Waals surface area contributed by atoms with E-state index in [-0.39, 0.29) is 5.43 Å². The third-order valence-electron chi connectivity index (χ3n) is 5.86. The highest BCUT2D eigenvalue weighted by atomic mass is 32.1. The number of hydrogen-bond acceptors (Lipinski definition) is 2. The molecule has 1 aliphatic heterocycles. The van der Waals surface area contributed by atoms with E-state index in [0.29, 0.717) is 0 Å². The van der Waals surface area contributed by atoms with E-state index < -0.39 is 0 Å². The van der Waals surface area contributed by atoms with E-state index in [1.807, 2.05) is 60.7 Å². The lowest BCUT2D eigenvalue weighted by atomic mass is 9.94. The lowest BCUT2D eigenvalue weighted by Gasteiger charge is -2.07. The standard InChI is InChI=1S/C29H18OS/c30-29-25(19-11-3-1-4-12-19)27-21-15-7-9-17-23(21)31-24-18-10-8-16-22(24)28(27)26(29)20-13-5-2-6-14-20/h1-18H. The second-order valence-electron chi connectivity index (χ2n) is 7.66. The van der Waals surface area contributed by atoms with E-state index in [2.05, 4.69) is 48.5 Å². The first-order valence-corrected chi connectivity index (χ1v) is 11.2. The van der Waals surface area contributed by atoms with Crippen LogP contribution in [0.2, 0.25) is 0 Å². The average Bonchev–Trinajstić information content (AvgIpc) is 3.05. The fourth-order valence-corrected chi connectivity index (χ4v) is 5.63. The summed E-state index contributed by atoms with van der Waals surface area (Å²) in [6.45, 7) is 0. The van der Waals surface area contributed by atoms with Gasteiger partial charge in [0.1, 0.15) is 0 Å². The van der Waals surface area contributed by atoms with Crippen LogP contribution in [0.3, 0.4) is 0 Å². The van der Waals surface area contributed by atoms with Crippen molar-refractivity contribution < 1.29 is 0 Å². The monoisotopic (exact) mass is 414 g/mol. The Kier molecular flexibility index (Phi) is 4.19. The van der Waals surface area contributed by atoms with Crippen molar-refractivity contribution in [1.82, 2.24) is 0 Å². The lowest BCUT2D eigenvalue weighted by molar-refractivity contribution is 1.61. The Hall–Kier alpha value is -3.75. The molecule has 0 unspecified atom stereocenters. The molecule has 31 heavy (non-hydrogen) atoms. The first kappa shape index (κ1) is 18.1. The van der Waals surface area contributed by atoms with E-state index in [4.69, 9.17) is 0 Å². The van der Waals surface area contributed by atoms with Crippen LogP contribution in [0.15, 0.2) is 114 Å². The largest absolute Gasteiger partial charge is 0.289 e. The van der Waals surface area contributed by atoms with E-state index in [1.54, 1.807) is 11.3 Å². The number of benzene rings is 4. The molecule has 0 fully saturated rings. The van der Waals surface area contributed by atoms with Gasteiger partial charge in [0.15, 0.2) is 5.43 Å². The quantitative estimate of drug-likeness (QED) is 0.282. The van der Waals surface area contributed by atoms with Crippen LogP contribution in [-0.4, -0.2) is 0 Å². The molecule has 2 aliphatic rings. The average molecular weight is 415 g/mol. The fourth-order valence-electron chi connectivity index (χ4n) is 4.54. The summed E-state index contributed by atoms with van der Waals surface area (Å²) >= 11 is 1.78. The van der Waals surface area contributed by atoms with Gasteiger partial charge in [0, 0.05) is 42.4 Å². The van der Waals surface area contributed by atoms with E-state index in [9.17, 15) is 4.79 Å². The second kappa shape index (κ2) is 7.19. The molecule has 1 nitrogen and oxygen atoms in total. The smallest absolute Gasteiger partial charge is 0.195 e. The minimum absolute atomic E-state index is 0.0962. The zero-order valence-corrected chi connectivity index (χ0v) is 17.5. The molecule has 4 aromatic carbocycles. The molecular weight excluding hydrogens is 396 g/mol. The molecule has 2 heteroatoms. The molecule has 4 aromatic rings. The third-order valence-corrected chi connectivity index (χ3v) is 7.01. The molecule has 0 aromatic heterocycles. The van der Waals surface area contributed by atoms with E-state index >= 15 is 0 Å². The van der Waals surface area contributed by atoms with Crippen molar-refractivity contribution in [3.05, 3.63) is 119 Å². The first-order valence-electron chi connectivity index (χ1n) is 10.3. The normalized spacial score (nSPS) is 11.4. The summed E-state index contributed by atoms with van der Waals surface area (Å²) in [5, 5.41) is 2.24. The van der Waals surface area contributed by atoms with Gasteiger partial charge in [-0.3, -0.25) is 4.79 Å². The van der Waals surface area contributed by atoms with Gasteiger partial charge in [-0.25, -0.2) is 0 Å². The van der Waals surface area contributed by atoms with Crippen LogP contribution in [0.1, 0.15) is 0 Å². The molecule has 0 bridgehead atoms. The Balaban J connectivity index is 1.93. The van der Waals surface area contributed by atoms with Crippen LogP contribution < -0.4 is 5.43 Å². The summed E-state index contributed by atoms with van der Waals surface area (Å²) in [5.41, 5.74) is 5.69. The Morgan fingerprint density at radius 1 is 0.419 bits per heavy atom. The SMILES string of the molecule is O=c1c(-c2ccccc2)c2c3ccccc3sc3ccccc3c-2c1-c1ccccc1. The van der Waals surface area contributed by atoms with Crippen molar-refractivity contribution in [2.75, 3.05) is 0 Å². The molecule has 146 valence electrons. The van der Waals surface area contributed by atoms with Gasteiger partial charge >= 0.3 is 0 Å². The molecule has 0 saturated carbocycles. The molecule has 0 saturated heterocycles. The Morgan fingerprint density at radius 3 is 1.26 bits per heavy atom. The van der Waals surface area contributed by atoms with Gasteiger partial charge in [-0.15, -0.1) is 11.3 Å². The van der Waals surface area contributed by atoms with Crippen LogP contribution >= 0.6 is 11.3 Å². The van der Waals surface area contributed by atoms with E-state index in [1.165, 1.54) is 9.40 Å². The molecule has 1 heterocycles. The molecule has 0 radical (unpaired) electrons. The molecule has 0 amide bonds. The van der Waals surface area contributed by atoms with Gasteiger partial charge in [-0.05, 0) is 23.3 Å².